The van der Waals surface area contributed by atoms with Gasteiger partial charge in [0.05, 0.1) is 11.2 Å². The number of hydrogen-bond acceptors (Lipinski definition) is 4. The third kappa shape index (κ3) is 3.79. The Hall–Kier alpha value is -2.89. The van der Waals surface area contributed by atoms with Crippen LogP contribution in [0.5, 0.6) is 0 Å². The highest BCUT2D eigenvalue weighted by atomic mass is 16.6. The van der Waals surface area contributed by atoms with Crippen molar-refractivity contribution in [3.8, 4) is 11.5 Å². The molecule has 2 aromatic heterocycles. The average molecular weight is 338 g/mol. The normalized spacial score (nSPS) is 11.6. The monoisotopic (exact) mass is 338 g/mol. The van der Waals surface area contributed by atoms with Crippen molar-refractivity contribution < 1.29 is 9.53 Å². The van der Waals surface area contributed by atoms with Crippen LogP contribution in [0.4, 0.5) is 10.5 Å². The summed E-state index contributed by atoms with van der Waals surface area (Å²) in [6.07, 6.45) is 3.08. The number of aromatic nitrogens is 3. The molecule has 2 heterocycles. The summed E-state index contributed by atoms with van der Waals surface area (Å²) in [5, 5.41) is 3.72. The minimum Gasteiger partial charge on any atom is -0.444 e. The number of aryl methyl sites for hydroxylation is 2. The molecule has 0 aliphatic rings. The van der Waals surface area contributed by atoms with Crippen molar-refractivity contribution in [1.29, 1.82) is 0 Å². The zero-order chi connectivity index (χ0) is 18.2. The molecule has 0 aliphatic heterocycles. The van der Waals surface area contributed by atoms with Crippen LogP contribution in [0.1, 0.15) is 26.3 Å². The molecule has 0 atom stereocenters. The van der Waals surface area contributed by atoms with E-state index in [-0.39, 0.29) is 0 Å². The molecule has 1 N–H and O–H groups in total. The van der Waals surface area contributed by atoms with Gasteiger partial charge in [0.15, 0.2) is 5.82 Å². The summed E-state index contributed by atoms with van der Waals surface area (Å²) in [5.41, 5.74) is 2.66. The summed E-state index contributed by atoms with van der Waals surface area (Å²) in [7, 11) is 1.91. The Morgan fingerprint density at radius 1 is 1.24 bits per heavy atom. The highest BCUT2D eigenvalue weighted by Gasteiger charge is 2.18. The summed E-state index contributed by atoms with van der Waals surface area (Å²) >= 11 is 0. The minimum absolute atomic E-state index is 0.493. The summed E-state index contributed by atoms with van der Waals surface area (Å²) < 4.78 is 7.27. The van der Waals surface area contributed by atoms with Crippen LogP contribution < -0.4 is 5.32 Å². The highest BCUT2D eigenvalue weighted by Crippen LogP contribution is 2.28. The van der Waals surface area contributed by atoms with E-state index >= 15 is 0 Å². The van der Waals surface area contributed by atoms with Gasteiger partial charge in [-0.2, -0.15) is 0 Å². The van der Waals surface area contributed by atoms with E-state index in [0.29, 0.717) is 11.4 Å². The molecular weight excluding hydrogens is 316 g/mol. The van der Waals surface area contributed by atoms with E-state index in [2.05, 4.69) is 15.3 Å². The maximum absolute atomic E-state index is 12.2. The lowest BCUT2D eigenvalue weighted by Crippen LogP contribution is -2.27. The van der Waals surface area contributed by atoms with E-state index in [9.17, 15) is 4.79 Å². The van der Waals surface area contributed by atoms with Crippen LogP contribution >= 0.6 is 0 Å². The predicted molar refractivity (Wildman–Crippen MR) is 98.5 cm³/mol. The Morgan fingerprint density at radius 2 is 2.00 bits per heavy atom. The molecule has 0 saturated carbocycles. The van der Waals surface area contributed by atoms with Gasteiger partial charge in [-0.3, -0.25) is 5.32 Å². The maximum Gasteiger partial charge on any atom is 0.412 e. The Morgan fingerprint density at radius 3 is 2.64 bits per heavy atom. The van der Waals surface area contributed by atoms with Crippen LogP contribution in [0.3, 0.4) is 0 Å². The third-order valence-corrected chi connectivity index (χ3v) is 3.65. The van der Waals surface area contributed by atoms with Gasteiger partial charge in [0, 0.05) is 24.8 Å². The largest absolute Gasteiger partial charge is 0.444 e. The number of carbonyl (C=O) groups is 1. The number of ether oxygens (including phenoxy) is 1. The first kappa shape index (κ1) is 17.0. The third-order valence-electron chi connectivity index (χ3n) is 3.65. The van der Waals surface area contributed by atoms with Crippen molar-refractivity contribution in [2.45, 2.75) is 33.3 Å². The molecule has 0 unspecified atom stereocenters. The van der Waals surface area contributed by atoms with Crippen molar-refractivity contribution >= 4 is 22.7 Å². The molecule has 0 aliphatic carbocycles. The fourth-order valence-electron chi connectivity index (χ4n) is 2.58. The Labute approximate surface area is 146 Å². The molecule has 1 amide bonds. The van der Waals surface area contributed by atoms with Crippen molar-refractivity contribution in [3.63, 3.8) is 0 Å². The van der Waals surface area contributed by atoms with E-state index in [1.165, 1.54) is 0 Å². The standard InChI is InChI=1S/C19H22N4O2/c1-12-6-7-14-13(10-12)15(22-18(24)25-19(2,3)4)11-16(21-14)17-20-8-9-23(17)5/h6-11H,1-5H3,(H,21,22,24). The van der Waals surface area contributed by atoms with Crippen LogP contribution in [0.15, 0.2) is 36.7 Å². The van der Waals surface area contributed by atoms with Crippen LogP contribution in [-0.2, 0) is 11.8 Å². The molecule has 3 rings (SSSR count). The zero-order valence-corrected chi connectivity index (χ0v) is 15.1. The molecule has 0 spiro atoms. The number of pyridine rings is 1. The average Bonchev–Trinajstić information content (AvgIpc) is 2.91. The van der Waals surface area contributed by atoms with Crippen molar-refractivity contribution in [2.75, 3.05) is 5.32 Å². The van der Waals surface area contributed by atoms with E-state index in [4.69, 9.17) is 4.74 Å². The lowest BCUT2D eigenvalue weighted by atomic mass is 10.1. The molecule has 3 aromatic rings. The second-order valence-corrected chi connectivity index (χ2v) is 7.06. The quantitative estimate of drug-likeness (QED) is 0.757. The van der Waals surface area contributed by atoms with Gasteiger partial charge >= 0.3 is 6.09 Å². The van der Waals surface area contributed by atoms with E-state index < -0.39 is 11.7 Å². The molecular formula is C19H22N4O2. The van der Waals surface area contributed by atoms with Gasteiger partial charge in [-0.25, -0.2) is 14.8 Å². The topological polar surface area (TPSA) is 69.0 Å². The van der Waals surface area contributed by atoms with Gasteiger partial charge in [0.2, 0.25) is 0 Å². The SMILES string of the molecule is Cc1ccc2nc(-c3nccn3C)cc(NC(=O)OC(C)(C)C)c2c1. The van der Waals surface area contributed by atoms with Gasteiger partial charge in [0.25, 0.3) is 0 Å². The number of rotatable bonds is 2. The lowest BCUT2D eigenvalue weighted by molar-refractivity contribution is 0.0636. The van der Waals surface area contributed by atoms with Gasteiger partial charge in [-0.15, -0.1) is 0 Å². The fourth-order valence-corrected chi connectivity index (χ4v) is 2.58. The highest BCUT2D eigenvalue weighted by molar-refractivity contribution is 6.00. The zero-order valence-electron chi connectivity index (χ0n) is 15.1. The number of benzene rings is 1. The lowest BCUT2D eigenvalue weighted by Gasteiger charge is -2.20. The van der Waals surface area contributed by atoms with E-state index in [1.54, 1.807) is 6.20 Å². The van der Waals surface area contributed by atoms with Crippen molar-refractivity contribution in [2.24, 2.45) is 7.05 Å². The first-order chi connectivity index (χ1) is 11.7. The summed E-state index contributed by atoms with van der Waals surface area (Å²) in [6.45, 7) is 7.51. The molecule has 6 nitrogen and oxygen atoms in total. The molecule has 130 valence electrons. The summed E-state index contributed by atoms with van der Waals surface area (Å²) in [6, 6.07) is 7.76. The van der Waals surface area contributed by atoms with Gasteiger partial charge in [-0.05, 0) is 45.9 Å². The summed E-state index contributed by atoms with van der Waals surface area (Å²) in [4.78, 5) is 21.3. The van der Waals surface area contributed by atoms with Crippen LogP contribution in [0, 0.1) is 6.92 Å². The second-order valence-electron chi connectivity index (χ2n) is 7.06. The Balaban J connectivity index is 2.09. The number of carbonyl (C=O) groups excluding carboxylic acids is 1. The molecule has 25 heavy (non-hydrogen) atoms. The van der Waals surface area contributed by atoms with Crippen LogP contribution in [0.2, 0.25) is 0 Å². The van der Waals surface area contributed by atoms with Crippen molar-refractivity contribution in [3.05, 3.63) is 42.2 Å². The van der Waals surface area contributed by atoms with E-state index in [0.717, 1.165) is 22.3 Å². The number of nitrogens with one attached hydrogen (secondary N) is 1. The molecule has 0 radical (unpaired) electrons. The molecule has 0 saturated heterocycles. The number of hydrogen-bond donors (Lipinski definition) is 1. The van der Waals surface area contributed by atoms with Gasteiger partial charge in [0.1, 0.15) is 11.3 Å². The number of nitrogens with zero attached hydrogens (tertiary/aromatic N) is 3. The van der Waals surface area contributed by atoms with E-state index in [1.807, 2.05) is 69.8 Å². The van der Waals surface area contributed by atoms with Gasteiger partial charge < -0.3 is 9.30 Å². The maximum atomic E-state index is 12.2. The number of fused-ring (bicyclic) bond motifs is 1. The predicted octanol–water partition coefficient (Wildman–Crippen LogP) is 4.29. The minimum atomic E-state index is -0.564. The molecule has 6 heteroatoms. The van der Waals surface area contributed by atoms with Crippen molar-refractivity contribution in [1.82, 2.24) is 14.5 Å². The number of amides is 1. The number of imidazole rings is 1. The first-order valence-electron chi connectivity index (χ1n) is 8.12. The van der Waals surface area contributed by atoms with Crippen LogP contribution in [0.25, 0.3) is 22.4 Å². The Bertz CT molecular complexity index is 938. The van der Waals surface area contributed by atoms with Gasteiger partial charge in [-0.1, -0.05) is 11.6 Å². The Kier molecular flexibility index (Phi) is 4.20. The second kappa shape index (κ2) is 6.20. The number of anilines is 1. The summed E-state index contributed by atoms with van der Waals surface area (Å²) in [5.74, 6) is 0.731. The smallest absolute Gasteiger partial charge is 0.412 e. The first-order valence-corrected chi connectivity index (χ1v) is 8.12. The fraction of sp³-hybridized carbons (Fsp3) is 0.316. The molecule has 1 aromatic carbocycles. The van der Waals surface area contributed by atoms with Crippen LogP contribution in [-0.4, -0.2) is 26.2 Å². The molecule has 0 fully saturated rings. The molecule has 0 bridgehead atoms.